The lowest BCUT2D eigenvalue weighted by Gasteiger charge is -2.14. The fourth-order valence-electron chi connectivity index (χ4n) is 3.04. The maximum atomic E-state index is 13.1. The van der Waals surface area contributed by atoms with Crippen molar-refractivity contribution in [3.63, 3.8) is 0 Å². The molecular formula is C25H24N2O4. The van der Waals surface area contributed by atoms with Crippen LogP contribution in [0.4, 0.5) is 11.4 Å². The standard InChI is InChI=1S/C25H24N2O4/c1-17-9-8-10-18(15-17)16-19(24(28)26-20-11-4-6-13-22(20)30-2)25(29)27-21-12-5-7-14-23(21)31-3/h4-16H,1-3H3,(H,26,28)(H,27,29). The molecule has 0 aliphatic carbocycles. The third-order valence-electron chi connectivity index (χ3n) is 4.55. The molecule has 158 valence electrons. The van der Waals surface area contributed by atoms with E-state index in [1.54, 1.807) is 54.6 Å². The van der Waals surface area contributed by atoms with Gasteiger partial charge in [-0.1, -0.05) is 54.1 Å². The fraction of sp³-hybridized carbons (Fsp3) is 0.120. The van der Waals surface area contributed by atoms with Crippen molar-refractivity contribution in [2.45, 2.75) is 6.92 Å². The maximum absolute atomic E-state index is 13.1. The quantitative estimate of drug-likeness (QED) is 0.333. The first-order valence-corrected chi connectivity index (χ1v) is 9.69. The van der Waals surface area contributed by atoms with Gasteiger partial charge in [-0.25, -0.2) is 0 Å². The van der Waals surface area contributed by atoms with Crippen molar-refractivity contribution in [1.82, 2.24) is 0 Å². The number of nitrogens with one attached hydrogen (secondary N) is 2. The molecule has 2 amide bonds. The highest BCUT2D eigenvalue weighted by atomic mass is 16.5. The number of anilines is 2. The van der Waals surface area contributed by atoms with Gasteiger partial charge < -0.3 is 20.1 Å². The molecule has 0 aliphatic rings. The van der Waals surface area contributed by atoms with E-state index in [2.05, 4.69) is 10.6 Å². The molecule has 0 aliphatic heterocycles. The van der Waals surface area contributed by atoms with E-state index in [0.717, 1.165) is 11.1 Å². The Bertz CT molecular complexity index is 1060. The van der Waals surface area contributed by atoms with E-state index < -0.39 is 11.8 Å². The highest BCUT2D eigenvalue weighted by Crippen LogP contribution is 2.26. The lowest BCUT2D eigenvalue weighted by atomic mass is 10.1. The van der Waals surface area contributed by atoms with Crippen LogP contribution < -0.4 is 20.1 Å². The molecule has 6 heteroatoms. The summed E-state index contributed by atoms with van der Waals surface area (Å²) in [4.78, 5) is 26.3. The molecule has 31 heavy (non-hydrogen) atoms. The molecular weight excluding hydrogens is 392 g/mol. The van der Waals surface area contributed by atoms with Gasteiger partial charge in [0.15, 0.2) is 0 Å². The van der Waals surface area contributed by atoms with Crippen molar-refractivity contribution in [2.75, 3.05) is 24.9 Å². The molecule has 0 spiro atoms. The van der Waals surface area contributed by atoms with Crippen LogP contribution in [-0.4, -0.2) is 26.0 Å². The minimum Gasteiger partial charge on any atom is -0.495 e. The molecule has 0 fully saturated rings. The Morgan fingerprint density at radius 1 is 0.742 bits per heavy atom. The van der Waals surface area contributed by atoms with Gasteiger partial charge >= 0.3 is 0 Å². The third-order valence-corrected chi connectivity index (χ3v) is 4.55. The van der Waals surface area contributed by atoms with Gasteiger partial charge in [-0.15, -0.1) is 0 Å². The Hall–Kier alpha value is -4.06. The van der Waals surface area contributed by atoms with Crippen molar-refractivity contribution in [3.8, 4) is 11.5 Å². The molecule has 0 atom stereocenters. The molecule has 0 saturated carbocycles. The van der Waals surface area contributed by atoms with Crippen LogP contribution >= 0.6 is 0 Å². The molecule has 0 aromatic heterocycles. The first-order chi connectivity index (χ1) is 15.0. The average Bonchev–Trinajstić information content (AvgIpc) is 2.78. The van der Waals surface area contributed by atoms with Gasteiger partial charge in [0.05, 0.1) is 25.6 Å². The number of amides is 2. The van der Waals surface area contributed by atoms with Crippen LogP contribution in [0.15, 0.2) is 78.4 Å². The number of hydrogen-bond acceptors (Lipinski definition) is 4. The molecule has 2 N–H and O–H groups in total. The smallest absolute Gasteiger partial charge is 0.261 e. The van der Waals surface area contributed by atoms with Gasteiger partial charge in [0.1, 0.15) is 17.1 Å². The van der Waals surface area contributed by atoms with E-state index in [0.29, 0.717) is 22.9 Å². The van der Waals surface area contributed by atoms with Crippen LogP contribution in [-0.2, 0) is 9.59 Å². The predicted octanol–water partition coefficient (Wildman–Crippen LogP) is 4.67. The topological polar surface area (TPSA) is 76.7 Å². The lowest BCUT2D eigenvalue weighted by molar-refractivity contribution is -0.118. The van der Waals surface area contributed by atoms with Crippen LogP contribution in [0.5, 0.6) is 11.5 Å². The molecule has 3 aromatic carbocycles. The van der Waals surface area contributed by atoms with E-state index in [1.165, 1.54) is 14.2 Å². The molecule has 3 rings (SSSR count). The van der Waals surface area contributed by atoms with E-state index in [9.17, 15) is 9.59 Å². The second-order valence-electron chi connectivity index (χ2n) is 6.78. The first-order valence-electron chi connectivity index (χ1n) is 9.69. The largest absolute Gasteiger partial charge is 0.495 e. The summed E-state index contributed by atoms with van der Waals surface area (Å²) in [5, 5.41) is 5.53. The number of para-hydroxylation sites is 4. The number of carbonyl (C=O) groups excluding carboxylic acids is 2. The van der Waals surface area contributed by atoms with E-state index in [-0.39, 0.29) is 5.57 Å². The highest BCUT2D eigenvalue weighted by Gasteiger charge is 2.21. The average molecular weight is 416 g/mol. The zero-order valence-electron chi connectivity index (χ0n) is 17.6. The van der Waals surface area contributed by atoms with Crippen molar-refractivity contribution in [2.24, 2.45) is 0 Å². The maximum Gasteiger partial charge on any atom is 0.261 e. The van der Waals surface area contributed by atoms with Gasteiger partial charge in [-0.05, 0) is 42.8 Å². The van der Waals surface area contributed by atoms with Crippen LogP contribution in [0.1, 0.15) is 11.1 Å². The summed E-state index contributed by atoms with van der Waals surface area (Å²) in [6.45, 7) is 1.95. The van der Waals surface area contributed by atoms with Gasteiger partial charge in [0, 0.05) is 0 Å². The van der Waals surface area contributed by atoms with Crippen molar-refractivity contribution in [1.29, 1.82) is 0 Å². The lowest BCUT2D eigenvalue weighted by Crippen LogP contribution is -2.25. The zero-order chi connectivity index (χ0) is 22.2. The van der Waals surface area contributed by atoms with Crippen LogP contribution in [0, 0.1) is 6.92 Å². The molecule has 3 aromatic rings. The summed E-state index contributed by atoms with van der Waals surface area (Å²) in [5.41, 5.74) is 2.64. The van der Waals surface area contributed by atoms with Gasteiger partial charge in [-0.3, -0.25) is 9.59 Å². The van der Waals surface area contributed by atoms with E-state index in [4.69, 9.17) is 9.47 Å². The van der Waals surface area contributed by atoms with Crippen molar-refractivity contribution < 1.29 is 19.1 Å². The number of hydrogen-bond donors (Lipinski definition) is 2. The Morgan fingerprint density at radius 3 is 1.74 bits per heavy atom. The molecule has 0 radical (unpaired) electrons. The summed E-state index contributed by atoms with van der Waals surface area (Å²) in [6.07, 6.45) is 1.56. The minimum atomic E-state index is -0.557. The Kier molecular flexibility index (Phi) is 7.06. The SMILES string of the molecule is COc1ccccc1NC(=O)C(=Cc1cccc(C)c1)C(=O)Nc1ccccc1OC. The summed E-state index contributed by atoms with van der Waals surface area (Å²) < 4.78 is 10.6. The first kappa shape index (κ1) is 21.6. The Labute approximate surface area is 181 Å². The van der Waals surface area contributed by atoms with Gasteiger partial charge in [0.25, 0.3) is 11.8 Å². The number of carbonyl (C=O) groups is 2. The second-order valence-corrected chi connectivity index (χ2v) is 6.78. The number of methoxy groups -OCH3 is 2. The summed E-state index contributed by atoms with van der Waals surface area (Å²) in [5.74, 6) is -0.122. The molecule has 0 unspecified atom stereocenters. The molecule has 0 saturated heterocycles. The molecule has 0 bridgehead atoms. The minimum absolute atomic E-state index is 0.0533. The molecule has 0 heterocycles. The number of benzene rings is 3. The van der Waals surface area contributed by atoms with Crippen LogP contribution in [0.25, 0.3) is 6.08 Å². The highest BCUT2D eigenvalue weighted by molar-refractivity contribution is 6.29. The Morgan fingerprint density at radius 2 is 1.26 bits per heavy atom. The monoisotopic (exact) mass is 416 g/mol. The number of aryl methyl sites for hydroxylation is 1. The van der Waals surface area contributed by atoms with Crippen LogP contribution in [0.2, 0.25) is 0 Å². The van der Waals surface area contributed by atoms with E-state index in [1.807, 2.05) is 31.2 Å². The van der Waals surface area contributed by atoms with E-state index >= 15 is 0 Å². The second kappa shape index (κ2) is 10.1. The Balaban J connectivity index is 1.96. The third kappa shape index (κ3) is 5.51. The summed E-state index contributed by atoms with van der Waals surface area (Å²) >= 11 is 0. The number of rotatable bonds is 7. The normalized spacial score (nSPS) is 10.0. The zero-order valence-corrected chi connectivity index (χ0v) is 17.6. The fourth-order valence-corrected chi connectivity index (χ4v) is 3.04. The summed E-state index contributed by atoms with van der Waals surface area (Å²) in [7, 11) is 3.03. The van der Waals surface area contributed by atoms with Gasteiger partial charge in [-0.2, -0.15) is 0 Å². The van der Waals surface area contributed by atoms with Gasteiger partial charge in [0.2, 0.25) is 0 Å². The number of ether oxygens (including phenoxy) is 2. The predicted molar refractivity (Wildman–Crippen MR) is 122 cm³/mol. The van der Waals surface area contributed by atoms with Crippen molar-refractivity contribution >= 4 is 29.3 Å². The van der Waals surface area contributed by atoms with Crippen molar-refractivity contribution in [3.05, 3.63) is 89.5 Å². The molecule has 6 nitrogen and oxygen atoms in total. The van der Waals surface area contributed by atoms with Crippen LogP contribution in [0.3, 0.4) is 0 Å². The summed E-state index contributed by atoms with van der Waals surface area (Å²) in [6, 6.07) is 21.6.